The Morgan fingerprint density at radius 2 is 1.62 bits per heavy atom. The molecule has 3 aromatic carbocycles. The zero-order chi connectivity index (χ0) is 22.9. The van der Waals surface area contributed by atoms with Crippen LogP contribution >= 0.6 is 0 Å². The van der Waals surface area contributed by atoms with Gasteiger partial charge in [0.1, 0.15) is 5.82 Å². The lowest BCUT2D eigenvalue weighted by atomic mass is 10.0. The van der Waals surface area contributed by atoms with E-state index in [0.717, 1.165) is 16.5 Å². The lowest BCUT2D eigenvalue weighted by Gasteiger charge is -2.09. The first-order chi connectivity index (χ1) is 15.3. The molecule has 164 valence electrons. The van der Waals surface area contributed by atoms with Gasteiger partial charge in [0.05, 0.1) is 10.4 Å². The van der Waals surface area contributed by atoms with Crippen molar-refractivity contribution in [2.75, 3.05) is 0 Å². The van der Waals surface area contributed by atoms with Gasteiger partial charge in [-0.25, -0.2) is 16.8 Å². The summed E-state index contributed by atoms with van der Waals surface area (Å²) >= 11 is 0. The highest BCUT2D eigenvalue weighted by molar-refractivity contribution is 7.90. The van der Waals surface area contributed by atoms with Crippen LogP contribution in [0.3, 0.4) is 0 Å². The number of hydrogen-bond acceptors (Lipinski definition) is 3. The number of carbonyl (C=O) groups excluding carboxylic acids is 1. The van der Waals surface area contributed by atoms with Gasteiger partial charge in [-0.15, -0.1) is 0 Å². The fourth-order valence-corrected chi connectivity index (χ4v) is 4.99. The van der Waals surface area contributed by atoms with Gasteiger partial charge < -0.3 is 5.32 Å². The van der Waals surface area contributed by atoms with Crippen LogP contribution in [0.25, 0.3) is 10.9 Å². The van der Waals surface area contributed by atoms with Gasteiger partial charge >= 0.3 is 0 Å². The maximum Gasteiger partial charge on any atom is 0.268 e. The predicted molar refractivity (Wildman–Crippen MR) is 123 cm³/mol. The Kier molecular flexibility index (Phi) is 5.84. The molecule has 4 rings (SSSR count). The molecule has 1 N–H and O–H groups in total. The molecule has 0 radical (unpaired) electrons. The summed E-state index contributed by atoms with van der Waals surface area (Å²) in [6.45, 7) is 4.29. The van der Waals surface area contributed by atoms with Crippen molar-refractivity contribution < 1.29 is 17.6 Å². The summed E-state index contributed by atoms with van der Waals surface area (Å²) in [4.78, 5) is 12.5. The van der Waals surface area contributed by atoms with E-state index in [2.05, 4.69) is 5.32 Å². The third-order valence-electron chi connectivity index (χ3n) is 5.37. The number of aromatic nitrogens is 1. The molecule has 0 unspecified atom stereocenters. The van der Waals surface area contributed by atoms with Crippen molar-refractivity contribution >= 4 is 26.8 Å². The monoisotopic (exact) mass is 450 g/mol. The maximum atomic E-state index is 13.3. The van der Waals surface area contributed by atoms with E-state index in [-0.39, 0.29) is 29.1 Å². The molecule has 5 nitrogen and oxygen atoms in total. The predicted octanol–water partition coefficient (Wildman–Crippen LogP) is 5.07. The second-order valence-electron chi connectivity index (χ2n) is 7.89. The minimum atomic E-state index is -3.83. The highest BCUT2D eigenvalue weighted by Crippen LogP contribution is 2.30. The molecule has 0 atom stereocenters. The second kappa shape index (κ2) is 8.59. The number of carbonyl (C=O) groups is 1. The number of nitrogens with zero attached hydrogens (tertiary/aromatic N) is 1. The molecule has 0 bridgehead atoms. The molecular formula is C25H23FN2O3S. The molecular weight excluding hydrogens is 427 g/mol. The normalized spacial score (nSPS) is 11.8. The molecule has 0 aliphatic rings. The molecule has 1 heterocycles. The van der Waals surface area contributed by atoms with Gasteiger partial charge in [-0.1, -0.05) is 44.2 Å². The number of halogens is 1. The molecule has 4 aromatic rings. The summed E-state index contributed by atoms with van der Waals surface area (Å²) in [6.07, 6.45) is 1.67. The zero-order valence-electron chi connectivity index (χ0n) is 17.7. The largest absolute Gasteiger partial charge is 0.348 e. The first kappa shape index (κ1) is 21.8. The van der Waals surface area contributed by atoms with E-state index < -0.39 is 10.0 Å². The van der Waals surface area contributed by atoms with Crippen LogP contribution in [0.5, 0.6) is 0 Å². The molecule has 32 heavy (non-hydrogen) atoms. The molecule has 0 aliphatic carbocycles. The average molecular weight is 451 g/mol. The molecule has 0 aliphatic heterocycles. The molecule has 7 heteroatoms. The van der Waals surface area contributed by atoms with Crippen LogP contribution in [0, 0.1) is 5.82 Å². The van der Waals surface area contributed by atoms with Crippen LogP contribution in [-0.4, -0.2) is 18.3 Å². The summed E-state index contributed by atoms with van der Waals surface area (Å²) in [6, 6.07) is 19.1. The summed E-state index contributed by atoms with van der Waals surface area (Å²) < 4.78 is 41.0. The van der Waals surface area contributed by atoms with Crippen molar-refractivity contribution in [2.45, 2.75) is 31.2 Å². The van der Waals surface area contributed by atoms with Crippen molar-refractivity contribution in [3.8, 4) is 0 Å². The molecule has 1 aromatic heterocycles. The van der Waals surface area contributed by atoms with Gasteiger partial charge in [0, 0.05) is 23.7 Å². The van der Waals surface area contributed by atoms with Gasteiger partial charge in [-0.3, -0.25) is 4.79 Å². The topological polar surface area (TPSA) is 68.2 Å². The van der Waals surface area contributed by atoms with Crippen LogP contribution in [-0.2, 0) is 16.6 Å². The summed E-state index contributed by atoms with van der Waals surface area (Å²) in [5, 5.41) is 3.65. The van der Waals surface area contributed by atoms with E-state index in [0.29, 0.717) is 11.1 Å². The Balaban J connectivity index is 1.58. The molecule has 1 amide bonds. The summed E-state index contributed by atoms with van der Waals surface area (Å²) in [5.74, 6) is -0.511. The standard InChI is InChI=1S/C25H23FN2O3S/c1-17(2)23-16-28(24-6-4-3-5-22(23)24)32(30,31)21-13-9-19(10-14-21)25(29)27-15-18-7-11-20(26)12-8-18/h3-14,16-17H,15H2,1-2H3,(H,27,29). The van der Waals surface area contributed by atoms with Crippen LogP contribution in [0.1, 0.15) is 41.3 Å². The Bertz CT molecular complexity index is 1370. The number of para-hydroxylation sites is 1. The molecule has 0 fully saturated rings. The van der Waals surface area contributed by atoms with Crippen LogP contribution in [0.15, 0.2) is 83.9 Å². The fraction of sp³-hybridized carbons (Fsp3) is 0.160. The van der Waals surface area contributed by atoms with Crippen LogP contribution < -0.4 is 5.32 Å². The van der Waals surface area contributed by atoms with E-state index >= 15 is 0 Å². The molecule has 0 saturated carbocycles. The lowest BCUT2D eigenvalue weighted by Crippen LogP contribution is -2.22. The smallest absolute Gasteiger partial charge is 0.268 e. The van der Waals surface area contributed by atoms with Gasteiger partial charge in [0.15, 0.2) is 0 Å². The van der Waals surface area contributed by atoms with Crippen molar-refractivity contribution in [1.82, 2.24) is 9.29 Å². The Labute approximate surface area is 186 Å². The van der Waals surface area contributed by atoms with E-state index in [9.17, 15) is 17.6 Å². The van der Waals surface area contributed by atoms with Gasteiger partial charge in [-0.2, -0.15) is 0 Å². The quantitative estimate of drug-likeness (QED) is 0.446. The van der Waals surface area contributed by atoms with Crippen LogP contribution in [0.4, 0.5) is 4.39 Å². The van der Waals surface area contributed by atoms with Crippen molar-refractivity contribution in [3.05, 3.63) is 102 Å². The summed E-state index contributed by atoms with van der Waals surface area (Å²) in [7, 11) is -3.83. The van der Waals surface area contributed by atoms with Crippen molar-refractivity contribution in [2.24, 2.45) is 0 Å². The second-order valence-corrected chi connectivity index (χ2v) is 9.71. The van der Waals surface area contributed by atoms with Gasteiger partial charge in [0.25, 0.3) is 15.9 Å². The minimum absolute atomic E-state index is 0.101. The third-order valence-corrected chi connectivity index (χ3v) is 7.06. The Hall–Kier alpha value is -3.45. The first-order valence-electron chi connectivity index (χ1n) is 10.3. The first-order valence-corrected chi connectivity index (χ1v) is 11.7. The Morgan fingerprint density at radius 1 is 0.969 bits per heavy atom. The van der Waals surface area contributed by atoms with Crippen LogP contribution in [0.2, 0.25) is 0 Å². The SMILES string of the molecule is CC(C)c1cn(S(=O)(=O)c2ccc(C(=O)NCc3ccc(F)cc3)cc2)c2ccccc12. The van der Waals surface area contributed by atoms with E-state index in [1.54, 1.807) is 24.4 Å². The van der Waals surface area contributed by atoms with E-state index in [1.165, 1.54) is 40.4 Å². The zero-order valence-corrected chi connectivity index (χ0v) is 18.6. The number of nitrogens with one attached hydrogen (secondary N) is 1. The van der Waals surface area contributed by atoms with E-state index in [4.69, 9.17) is 0 Å². The van der Waals surface area contributed by atoms with Crippen molar-refractivity contribution in [1.29, 1.82) is 0 Å². The highest BCUT2D eigenvalue weighted by atomic mass is 32.2. The molecule has 0 saturated heterocycles. The number of fused-ring (bicyclic) bond motifs is 1. The van der Waals surface area contributed by atoms with E-state index in [1.807, 2.05) is 32.0 Å². The fourth-order valence-electron chi connectivity index (χ4n) is 3.61. The Morgan fingerprint density at radius 3 is 2.28 bits per heavy atom. The molecule has 0 spiro atoms. The number of hydrogen-bond donors (Lipinski definition) is 1. The average Bonchev–Trinajstić information content (AvgIpc) is 3.19. The minimum Gasteiger partial charge on any atom is -0.348 e. The third kappa shape index (κ3) is 4.16. The lowest BCUT2D eigenvalue weighted by molar-refractivity contribution is 0.0951. The maximum absolute atomic E-state index is 13.3. The number of amides is 1. The van der Waals surface area contributed by atoms with Gasteiger partial charge in [-0.05, 0) is 59.5 Å². The highest BCUT2D eigenvalue weighted by Gasteiger charge is 2.22. The van der Waals surface area contributed by atoms with Gasteiger partial charge in [0.2, 0.25) is 0 Å². The number of benzene rings is 3. The van der Waals surface area contributed by atoms with Crippen molar-refractivity contribution in [3.63, 3.8) is 0 Å². The summed E-state index contributed by atoms with van der Waals surface area (Å²) in [5.41, 5.74) is 2.68. The number of rotatable bonds is 6.